The van der Waals surface area contributed by atoms with Gasteiger partial charge in [0.15, 0.2) is 11.0 Å². The van der Waals surface area contributed by atoms with E-state index in [-0.39, 0.29) is 11.7 Å². The van der Waals surface area contributed by atoms with Gasteiger partial charge in [0.2, 0.25) is 5.91 Å². The van der Waals surface area contributed by atoms with Crippen LogP contribution < -0.4 is 5.32 Å². The van der Waals surface area contributed by atoms with E-state index in [1.54, 1.807) is 0 Å². The lowest BCUT2D eigenvalue weighted by Crippen LogP contribution is -2.16. The molecule has 1 N–H and O–H groups in total. The van der Waals surface area contributed by atoms with Crippen molar-refractivity contribution in [3.8, 4) is 22.5 Å². The van der Waals surface area contributed by atoms with Crippen LogP contribution in [0.3, 0.4) is 0 Å². The molecule has 0 saturated carbocycles. The Balaban J connectivity index is 1.52. The van der Waals surface area contributed by atoms with Gasteiger partial charge >= 0.3 is 5.97 Å². The summed E-state index contributed by atoms with van der Waals surface area (Å²) in [6, 6.07) is 17.6. The number of carbonyl (C=O) groups is 2. The molecule has 34 heavy (non-hydrogen) atoms. The number of thioether (sulfide) groups is 1. The second-order valence-electron chi connectivity index (χ2n) is 7.67. The molecule has 0 atom stereocenters. The van der Waals surface area contributed by atoms with Gasteiger partial charge in [-0.1, -0.05) is 65.9 Å². The highest BCUT2D eigenvalue weighted by molar-refractivity contribution is 7.99. The van der Waals surface area contributed by atoms with Crippen LogP contribution in [0.4, 0.5) is 5.00 Å². The number of anilines is 1. The zero-order chi connectivity index (χ0) is 24.2. The molecular weight excluding hydrogens is 468 g/mol. The molecule has 9 heteroatoms. The molecule has 0 fully saturated rings. The van der Waals surface area contributed by atoms with Crippen LogP contribution >= 0.6 is 23.1 Å². The SMILES string of the molecule is COC(=O)c1c(NC(=O)CSc2nnc(-c3cccc(C)c3)n2C)sc(C)c1-c1ccccc1. The molecule has 174 valence electrons. The normalized spacial score (nSPS) is 10.8. The maximum absolute atomic E-state index is 12.8. The Morgan fingerprint density at radius 3 is 2.50 bits per heavy atom. The van der Waals surface area contributed by atoms with Crippen molar-refractivity contribution in [1.82, 2.24) is 14.8 Å². The maximum Gasteiger partial charge on any atom is 0.341 e. The van der Waals surface area contributed by atoms with E-state index in [1.807, 2.05) is 80.1 Å². The predicted octanol–water partition coefficient (Wildman–Crippen LogP) is 5.34. The van der Waals surface area contributed by atoms with Gasteiger partial charge in [0.05, 0.1) is 12.9 Å². The lowest BCUT2D eigenvalue weighted by molar-refractivity contribution is -0.113. The van der Waals surface area contributed by atoms with Crippen LogP contribution in [0.5, 0.6) is 0 Å². The topological polar surface area (TPSA) is 86.1 Å². The number of methoxy groups -OCH3 is 1. The van der Waals surface area contributed by atoms with Crippen molar-refractivity contribution in [3.05, 3.63) is 70.6 Å². The van der Waals surface area contributed by atoms with E-state index in [1.165, 1.54) is 30.2 Å². The first-order valence-electron chi connectivity index (χ1n) is 10.5. The van der Waals surface area contributed by atoms with Gasteiger partial charge in [0.1, 0.15) is 10.6 Å². The third-order valence-corrected chi connectivity index (χ3v) is 7.27. The average Bonchev–Trinajstić information content (AvgIpc) is 3.36. The lowest BCUT2D eigenvalue weighted by atomic mass is 10.0. The van der Waals surface area contributed by atoms with E-state index in [4.69, 9.17) is 4.74 Å². The number of ether oxygens (including phenoxy) is 1. The maximum atomic E-state index is 12.8. The summed E-state index contributed by atoms with van der Waals surface area (Å²) in [4.78, 5) is 26.3. The quantitative estimate of drug-likeness (QED) is 0.277. The van der Waals surface area contributed by atoms with Crippen molar-refractivity contribution in [2.45, 2.75) is 19.0 Å². The Labute approximate surface area is 206 Å². The van der Waals surface area contributed by atoms with Crippen LogP contribution in [0.2, 0.25) is 0 Å². The molecule has 2 heterocycles. The van der Waals surface area contributed by atoms with E-state index >= 15 is 0 Å². The molecule has 2 aromatic heterocycles. The summed E-state index contributed by atoms with van der Waals surface area (Å²) in [6.45, 7) is 3.95. The van der Waals surface area contributed by atoms with Gasteiger partial charge in [-0.15, -0.1) is 21.5 Å². The second-order valence-corrected chi connectivity index (χ2v) is 9.83. The summed E-state index contributed by atoms with van der Waals surface area (Å²) in [6.07, 6.45) is 0. The third-order valence-electron chi connectivity index (χ3n) is 5.23. The number of aryl methyl sites for hydroxylation is 2. The van der Waals surface area contributed by atoms with E-state index in [0.29, 0.717) is 15.7 Å². The molecule has 1 amide bonds. The Hall–Kier alpha value is -3.43. The number of hydrogen-bond acceptors (Lipinski definition) is 7. The number of carbonyl (C=O) groups excluding carboxylic acids is 2. The molecule has 0 aliphatic rings. The number of amides is 1. The van der Waals surface area contributed by atoms with E-state index in [2.05, 4.69) is 15.5 Å². The van der Waals surface area contributed by atoms with Gasteiger partial charge in [0.25, 0.3) is 0 Å². The van der Waals surface area contributed by atoms with Crippen molar-refractivity contribution < 1.29 is 14.3 Å². The minimum absolute atomic E-state index is 0.123. The van der Waals surface area contributed by atoms with Gasteiger partial charge < -0.3 is 14.6 Å². The lowest BCUT2D eigenvalue weighted by Gasteiger charge is -2.08. The molecule has 0 radical (unpaired) electrons. The summed E-state index contributed by atoms with van der Waals surface area (Å²) >= 11 is 2.65. The first-order valence-corrected chi connectivity index (χ1v) is 12.4. The monoisotopic (exact) mass is 492 g/mol. The number of hydrogen-bond donors (Lipinski definition) is 1. The van der Waals surface area contributed by atoms with Gasteiger partial charge in [-0.05, 0) is 25.5 Å². The van der Waals surface area contributed by atoms with Crippen LogP contribution in [0.15, 0.2) is 59.8 Å². The summed E-state index contributed by atoms with van der Waals surface area (Å²) in [5.74, 6) is 0.136. The Bertz CT molecular complexity index is 1350. The van der Waals surface area contributed by atoms with Crippen molar-refractivity contribution in [2.75, 3.05) is 18.2 Å². The van der Waals surface area contributed by atoms with E-state index in [9.17, 15) is 9.59 Å². The number of benzene rings is 2. The van der Waals surface area contributed by atoms with Gasteiger partial charge in [-0.3, -0.25) is 4.79 Å². The van der Waals surface area contributed by atoms with Crippen molar-refractivity contribution in [2.24, 2.45) is 7.05 Å². The minimum atomic E-state index is -0.484. The van der Waals surface area contributed by atoms with E-state index < -0.39 is 5.97 Å². The molecule has 0 unspecified atom stereocenters. The second kappa shape index (κ2) is 10.2. The summed E-state index contributed by atoms with van der Waals surface area (Å²) < 4.78 is 6.89. The molecular formula is C25H24N4O3S2. The molecule has 4 rings (SSSR count). The van der Waals surface area contributed by atoms with Crippen molar-refractivity contribution in [1.29, 1.82) is 0 Å². The fourth-order valence-electron chi connectivity index (χ4n) is 3.65. The fourth-order valence-corrected chi connectivity index (χ4v) is 5.44. The zero-order valence-electron chi connectivity index (χ0n) is 19.3. The predicted molar refractivity (Wildman–Crippen MR) is 136 cm³/mol. The standard InChI is InChI=1S/C25H24N4O3S2/c1-15-9-8-12-18(13-15)22-27-28-25(29(22)3)33-14-19(30)26-23-21(24(31)32-4)20(16(2)34-23)17-10-6-5-7-11-17/h5-13H,14H2,1-4H3,(H,26,30). The van der Waals surface area contributed by atoms with Crippen LogP contribution in [0.25, 0.3) is 22.5 Å². The molecule has 7 nitrogen and oxygen atoms in total. The summed E-state index contributed by atoms with van der Waals surface area (Å²) in [7, 11) is 3.22. The third kappa shape index (κ3) is 4.90. The smallest absolute Gasteiger partial charge is 0.341 e. The van der Waals surface area contributed by atoms with Gasteiger partial charge in [0, 0.05) is 23.1 Å². The summed E-state index contributed by atoms with van der Waals surface area (Å²) in [5, 5.41) is 12.5. The number of nitrogens with zero attached hydrogens (tertiary/aromatic N) is 3. The van der Waals surface area contributed by atoms with E-state index in [0.717, 1.165) is 33.0 Å². The van der Waals surface area contributed by atoms with Crippen molar-refractivity contribution in [3.63, 3.8) is 0 Å². The molecule has 0 bridgehead atoms. The Morgan fingerprint density at radius 2 is 1.79 bits per heavy atom. The molecule has 0 spiro atoms. The molecule has 4 aromatic rings. The molecule has 2 aromatic carbocycles. The molecule has 0 aliphatic carbocycles. The fraction of sp³-hybridized carbons (Fsp3) is 0.200. The first-order chi connectivity index (χ1) is 16.4. The number of nitrogens with one attached hydrogen (secondary N) is 1. The first kappa shape index (κ1) is 23.7. The van der Waals surface area contributed by atoms with Crippen molar-refractivity contribution >= 4 is 40.0 Å². The highest BCUT2D eigenvalue weighted by Crippen LogP contribution is 2.40. The highest BCUT2D eigenvalue weighted by Gasteiger charge is 2.25. The molecule has 0 saturated heterocycles. The number of thiophene rings is 1. The van der Waals surface area contributed by atoms with Gasteiger partial charge in [-0.2, -0.15) is 0 Å². The number of esters is 1. The summed E-state index contributed by atoms with van der Waals surface area (Å²) in [5.41, 5.74) is 4.15. The largest absolute Gasteiger partial charge is 0.465 e. The van der Waals surface area contributed by atoms with Crippen LogP contribution in [0.1, 0.15) is 20.8 Å². The zero-order valence-corrected chi connectivity index (χ0v) is 20.9. The van der Waals surface area contributed by atoms with Crippen LogP contribution in [-0.4, -0.2) is 39.5 Å². The Kier molecular flexibility index (Phi) is 7.14. The highest BCUT2D eigenvalue weighted by atomic mass is 32.2. The number of aromatic nitrogens is 3. The van der Waals surface area contributed by atoms with Gasteiger partial charge in [-0.25, -0.2) is 4.79 Å². The van der Waals surface area contributed by atoms with Crippen LogP contribution in [0, 0.1) is 13.8 Å². The number of rotatable bonds is 7. The Morgan fingerprint density at radius 1 is 1.06 bits per heavy atom. The minimum Gasteiger partial charge on any atom is -0.465 e. The average molecular weight is 493 g/mol. The molecule has 0 aliphatic heterocycles. The van der Waals surface area contributed by atoms with Crippen LogP contribution in [-0.2, 0) is 16.6 Å².